The third-order valence-corrected chi connectivity index (χ3v) is 7.34. The second-order valence-electron chi connectivity index (χ2n) is 10.2. The highest BCUT2D eigenvalue weighted by Crippen LogP contribution is 2.29. The third-order valence-electron chi connectivity index (χ3n) is 7.34. The first-order chi connectivity index (χ1) is 19.0. The van der Waals surface area contributed by atoms with Crippen LogP contribution in [0.1, 0.15) is 45.6 Å². The third kappa shape index (κ3) is 6.58. The smallest absolute Gasteiger partial charge is 0.254 e. The van der Waals surface area contributed by atoms with Gasteiger partial charge in [-0.15, -0.1) is 0 Å². The second kappa shape index (κ2) is 12.0. The summed E-state index contributed by atoms with van der Waals surface area (Å²) in [4.78, 5) is 31.0. The highest BCUT2D eigenvalue weighted by molar-refractivity contribution is 5.97. The maximum Gasteiger partial charge on any atom is 0.254 e. The molecule has 0 aliphatic heterocycles. The normalized spacial score (nSPS) is 12.7. The number of carbonyl (C=O) groups excluding carboxylic acids is 2. The molecule has 4 aromatic rings. The number of benzene rings is 3. The summed E-state index contributed by atoms with van der Waals surface area (Å²) in [6, 6.07) is 29.7. The molecule has 1 heterocycles. The number of aromatic nitrogens is 1. The monoisotopic (exact) mass is 521 g/mol. The van der Waals surface area contributed by atoms with E-state index in [4.69, 9.17) is 4.74 Å². The molecule has 0 atom stereocenters. The van der Waals surface area contributed by atoms with Crippen molar-refractivity contribution in [1.82, 2.24) is 14.4 Å². The molecule has 1 aliphatic carbocycles. The lowest BCUT2D eigenvalue weighted by molar-refractivity contribution is -0.133. The molecule has 0 radical (unpaired) electrons. The van der Waals surface area contributed by atoms with E-state index in [9.17, 15) is 9.59 Å². The largest absolute Gasteiger partial charge is 0.497 e. The number of ether oxygens (including phenoxy) is 1. The van der Waals surface area contributed by atoms with Gasteiger partial charge in [0.05, 0.1) is 13.7 Å². The number of carbonyl (C=O) groups is 2. The lowest BCUT2D eigenvalue weighted by atomic mass is 10.1. The zero-order valence-electron chi connectivity index (χ0n) is 22.6. The molecule has 0 saturated heterocycles. The minimum atomic E-state index is -0.115. The van der Waals surface area contributed by atoms with E-state index in [2.05, 4.69) is 48.0 Å². The maximum atomic E-state index is 13.9. The fourth-order valence-corrected chi connectivity index (χ4v) is 4.85. The maximum absolute atomic E-state index is 13.9. The topological polar surface area (TPSA) is 54.8 Å². The van der Waals surface area contributed by atoms with Crippen molar-refractivity contribution in [2.75, 3.05) is 13.7 Å². The average molecular weight is 522 g/mol. The number of aryl methyl sites for hydroxylation is 1. The SMILES string of the molecule is COc1ccc(C(=O)N(CC(=O)N(Cc2ccccc2)Cc2cccn2Cc2ccccc2C)C2CC2)cc1. The molecule has 39 heavy (non-hydrogen) atoms. The quantitative estimate of drug-likeness (QED) is 0.255. The van der Waals surface area contributed by atoms with Gasteiger partial charge in [-0.05, 0) is 72.9 Å². The van der Waals surface area contributed by atoms with E-state index in [1.165, 1.54) is 11.1 Å². The highest BCUT2D eigenvalue weighted by atomic mass is 16.5. The van der Waals surface area contributed by atoms with Crippen LogP contribution in [0.5, 0.6) is 5.75 Å². The molecule has 6 nitrogen and oxygen atoms in total. The number of nitrogens with zero attached hydrogens (tertiary/aromatic N) is 3. The van der Waals surface area contributed by atoms with Crippen LogP contribution >= 0.6 is 0 Å². The summed E-state index contributed by atoms with van der Waals surface area (Å²) in [6.45, 7) is 3.86. The molecule has 6 heteroatoms. The predicted molar refractivity (Wildman–Crippen MR) is 152 cm³/mol. The summed E-state index contributed by atoms with van der Waals surface area (Å²) in [5, 5.41) is 0. The number of hydrogen-bond acceptors (Lipinski definition) is 3. The van der Waals surface area contributed by atoms with Crippen LogP contribution in [-0.2, 0) is 24.4 Å². The van der Waals surface area contributed by atoms with Crippen LogP contribution < -0.4 is 4.74 Å². The molecule has 1 aliphatic rings. The summed E-state index contributed by atoms with van der Waals surface area (Å²) in [7, 11) is 1.60. The molecule has 1 saturated carbocycles. The van der Waals surface area contributed by atoms with Crippen LogP contribution in [0.25, 0.3) is 0 Å². The Kier molecular flexibility index (Phi) is 8.11. The molecule has 1 fully saturated rings. The van der Waals surface area contributed by atoms with Gasteiger partial charge in [-0.3, -0.25) is 9.59 Å². The van der Waals surface area contributed by atoms with E-state index in [0.29, 0.717) is 24.4 Å². The van der Waals surface area contributed by atoms with E-state index in [0.717, 1.165) is 30.6 Å². The Labute approximate surface area is 230 Å². The van der Waals surface area contributed by atoms with E-state index >= 15 is 0 Å². The van der Waals surface area contributed by atoms with Crippen molar-refractivity contribution >= 4 is 11.8 Å². The van der Waals surface area contributed by atoms with Gasteiger partial charge in [0.25, 0.3) is 5.91 Å². The number of rotatable bonds is 11. The average Bonchev–Trinajstić information content (AvgIpc) is 3.72. The first-order valence-electron chi connectivity index (χ1n) is 13.5. The molecule has 0 spiro atoms. The molecular weight excluding hydrogens is 486 g/mol. The van der Waals surface area contributed by atoms with Gasteiger partial charge in [-0.2, -0.15) is 0 Å². The second-order valence-corrected chi connectivity index (χ2v) is 10.2. The van der Waals surface area contributed by atoms with E-state index in [-0.39, 0.29) is 24.4 Å². The van der Waals surface area contributed by atoms with Gasteiger partial charge < -0.3 is 19.1 Å². The number of amides is 2. The first-order valence-corrected chi connectivity index (χ1v) is 13.5. The van der Waals surface area contributed by atoms with E-state index < -0.39 is 0 Å². The molecule has 2 amide bonds. The van der Waals surface area contributed by atoms with Gasteiger partial charge in [0, 0.05) is 36.6 Å². The summed E-state index contributed by atoms with van der Waals surface area (Å²) in [6.07, 6.45) is 3.91. The van der Waals surface area contributed by atoms with Gasteiger partial charge in [0.15, 0.2) is 0 Å². The van der Waals surface area contributed by atoms with Crippen molar-refractivity contribution in [2.24, 2.45) is 0 Å². The first kappa shape index (κ1) is 26.3. The van der Waals surface area contributed by atoms with Gasteiger partial charge >= 0.3 is 0 Å². The van der Waals surface area contributed by atoms with Gasteiger partial charge in [0.1, 0.15) is 12.3 Å². The zero-order valence-corrected chi connectivity index (χ0v) is 22.6. The number of hydrogen-bond donors (Lipinski definition) is 0. The minimum absolute atomic E-state index is 0.0564. The molecule has 5 rings (SSSR count). The van der Waals surface area contributed by atoms with Crippen molar-refractivity contribution in [1.29, 1.82) is 0 Å². The summed E-state index contributed by atoms with van der Waals surface area (Å²) in [5.74, 6) is 0.524. The van der Waals surface area contributed by atoms with Crippen molar-refractivity contribution < 1.29 is 14.3 Å². The van der Waals surface area contributed by atoms with Crippen molar-refractivity contribution in [2.45, 2.75) is 45.4 Å². The van der Waals surface area contributed by atoms with Gasteiger partial charge in [0.2, 0.25) is 5.91 Å². The Morgan fingerprint density at radius 3 is 2.28 bits per heavy atom. The molecule has 0 bridgehead atoms. The Morgan fingerprint density at radius 2 is 1.59 bits per heavy atom. The van der Waals surface area contributed by atoms with Crippen LogP contribution in [0, 0.1) is 6.92 Å². The van der Waals surface area contributed by atoms with Crippen LogP contribution in [0.3, 0.4) is 0 Å². The lowest BCUT2D eigenvalue weighted by Gasteiger charge is -2.28. The molecule has 1 aromatic heterocycles. The molecule has 200 valence electrons. The van der Waals surface area contributed by atoms with Crippen LogP contribution in [-0.4, -0.2) is 45.9 Å². The fraction of sp³-hybridized carbons (Fsp3) is 0.273. The van der Waals surface area contributed by atoms with Crippen molar-refractivity contribution in [3.05, 3.63) is 125 Å². The Hall–Kier alpha value is -4.32. The Morgan fingerprint density at radius 1 is 0.872 bits per heavy atom. The van der Waals surface area contributed by atoms with Crippen LogP contribution in [0.4, 0.5) is 0 Å². The van der Waals surface area contributed by atoms with Gasteiger partial charge in [-0.1, -0.05) is 54.6 Å². The van der Waals surface area contributed by atoms with Crippen LogP contribution in [0.2, 0.25) is 0 Å². The Bertz CT molecular complexity index is 1410. The summed E-state index contributed by atoms with van der Waals surface area (Å²) >= 11 is 0. The molecule has 0 unspecified atom stereocenters. The highest BCUT2D eigenvalue weighted by Gasteiger charge is 2.35. The molecular formula is C33H35N3O3. The summed E-state index contributed by atoms with van der Waals surface area (Å²) < 4.78 is 7.44. The lowest BCUT2D eigenvalue weighted by Crippen LogP contribution is -2.43. The molecule has 0 N–H and O–H groups in total. The molecule has 3 aromatic carbocycles. The predicted octanol–water partition coefficient (Wildman–Crippen LogP) is 5.69. The standard InChI is InChI=1S/C33H35N3O3/c1-25-9-6-7-12-28(25)22-34-20-8-13-30(34)23-35(21-26-10-4-3-5-11-26)32(37)24-36(29-16-17-29)33(38)27-14-18-31(39-2)19-15-27/h3-15,18-20,29H,16-17,21-24H2,1-2H3. The van der Waals surface area contributed by atoms with Crippen LogP contribution in [0.15, 0.2) is 97.2 Å². The summed E-state index contributed by atoms with van der Waals surface area (Å²) in [5.41, 5.74) is 5.17. The Balaban J connectivity index is 1.36. The van der Waals surface area contributed by atoms with E-state index in [1.54, 1.807) is 36.3 Å². The van der Waals surface area contributed by atoms with Crippen molar-refractivity contribution in [3.8, 4) is 5.75 Å². The minimum Gasteiger partial charge on any atom is -0.497 e. The zero-order chi connectivity index (χ0) is 27.2. The van der Waals surface area contributed by atoms with Gasteiger partial charge in [-0.25, -0.2) is 0 Å². The van der Waals surface area contributed by atoms with Crippen molar-refractivity contribution in [3.63, 3.8) is 0 Å². The fourth-order valence-electron chi connectivity index (χ4n) is 4.85. The van der Waals surface area contributed by atoms with E-state index in [1.807, 2.05) is 41.3 Å². The number of methoxy groups -OCH3 is 1.